The molecule has 0 saturated heterocycles. The number of carbonyl (C=O) groups is 2. The lowest BCUT2D eigenvalue weighted by Crippen LogP contribution is -2.39. The zero-order chi connectivity index (χ0) is 30.1. The van der Waals surface area contributed by atoms with Crippen molar-refractivity contribution in [3.05, 3.63) is 119 Å². The van der Waals surface area contributed by atoms with Gasteiger partial charge in [0.1, 0.15) is 18.1 Å². The van der Waals surface area contributed by atoms with Crippen LogP contribution in [0.3, 0.4) is 0 Å². The minimum absolute atomic E-state index is 0.0135. The molecule has 0 heterocycles. The van der Waals surface area contributed by atoms with Crippen molar-refractivity contribution in [1.29, 1.82) is 0 Å². The Hall–Kier alpha value is -4.74. The molecule has 12 heteroatoms. The largest absolute Gasteiger partial charge is 0.484 e. The van der Waals surface area contributed by atoms with Crippen molar-refractivity contribution in [3.8, 4) is 5.75 Å². The van der Waals surface area contributed by atoms with Crippen molar-refractivity contribution >= 4 is 51.0 Å². The number of hydrogen-bond acceptors (Lipinski definition) is 6. The summed E-state index contributed by atoms with van der Waals surface area (Å²) >= 11 is 6.29. The topological polar surface area (TPSA) is 117 Å². The molecule has 42 heavy (non-hydrogen) atoms. The first-order valence-corrected chi connectivity index (χ1v) is 14.4. The fraction of sp³-hybridized carbons (Fsp3) is 0.100. The summed E-state index contributed by atoms with van der Waals surface area (Å²) in [4.78, 5) is 24.8. The third-order valence-corrected chi connectivity index (χ3v) is 7.89. The average molecular weight is 609 g/mol. The van der Waals surface area contributed by atoms with E-state index in [4.69, 9.17) is 16.3 Å². The van der Waals surface area contributed by atoms with Gasteiger partial charge < -0.3 is 10.1 Å². The van der Waals surface area contributed by atoms with Crippen LogP contribution in [0.5, 0.6) is 5.75 Å². The van der Waals surface area contributed by atoms with Crippen LogP contribution in [-0.4, -0.2) is 39.6 Å². The molecule has 0 aliphatic rings. The zero-order valence-electron chi connectivity index (χ0n) is 22.3. The quantitative estimate of drug-likeness (QED) is 0.180. The first-order valence-electron chi connectivity index (χ1n) is 12.6. The van der Waals surface area contributed by atoms with Gasteiger partial charge in [-0.2, -0.15) is 5.10 Å². The number of anilines is 2. The zero-order valence-corrected chi connectivity index (χ0v) is 23.9. The standard InChI is InChI=1S/C30H26ClFN4O5S/c1-21-6-16-26(17-7-21)42(39,40)36(28-5-3-2-4-27(28)31)19-29(37)35-33-18-22-8-14-25(15-9-22)41-20-30(38)34-24-12-10-23(32)11-13-24/h2-18H,19-20H2,1H3,(H,34,38)(H,35,37)/b33-18-. The molecule has 2 N–H and O–H groups in total. The second-order valence-corrected chi connectivity index (χ2v) is 11.3. The maximum absolute atomic E-state index is 13.5. The van der Waals surface area contributed by atoms with Gasteiger partial charge in [-0.1, -0.05) is 41.4 Å². The van der Waals surface area contributed by atoms with Crippen LogP contribution in [0.15, 0.2) is 107 Å². The third-order valence-electron chi connectivity index (χ3n) is 5.80. The molecule has 0 fully saturated rings. The smallest absolute Gasteiger partial charge is 0.264 e. The van der Waals surface area contributed by atoms with Gasteiger partial charge in [0.05, 0.1) is 21.8 Å². The van der Waals surface area contributed by atoms with Crippen LogP contribution in [0.25, 0.3) is 0 Å². The molecule has 0 unspecified atom stereocenters. The monoisotopic (exact) mass is 608 g/mol. The van der Waals surface area contributed by atoms with Gasteiger partial charge in [-0.3, -0.25) is 13.9 Å². The van der Waals surface area contributed by atoms with Gasteiger partial charge >= 0.3 is 0 Å². The molecule has 216 valence electrons. The van der Waals surface area contributed by atoms with Gasteiger partial charge in [-0.15, -0.1) is 0 Å². The van der Waals surface area contributed by atoms with E-state index >= 15 is 0 Å². The van der Waals surface area contributed by atoms with Crippen molar-refractivity contribution in [1.82, 2.24) is 5.43 Å². The minimum Gasteiger partial charge on any atom is -0.484 e. The molecule has 0 saturated carbocycles. The third kappa shape index (κ3) is 8.15. The number of aryl methyl sites for hydroxylation is 1. The number of sulfonamides is 1. The highest BCUT2D eigenvalue weighted by Gasteiger charge is 2.28. The second-order valence-electron chi connectivity index (χ2n) is 8.98. The Bertz CT molecular complexity index is 1680. The average Bonchev–Trinajstić information content (AvgIpc) is 2.97. The van der Waals surface area contributed by atoms with E-state index in [1.807, 2.05) is 6.92 Å². The second kappa shape index (κ2) is 13.7. The van der Waals surface area contributed by atoms with E-state index in [0.29, 0.717) is 17.0 Å². The molecule has 0 aliphatic heterocycles. The molecule has 4 aromatic carbocycles. The van der Waals surface area contributed by atoms with Crippen LogP contribution in [0, 0.1) is 12.7 Å². The van der Waals surface area contributed by atoms with Gasteiger partial charge in [-0.05, 0) is 85.3 Å². The maximum atomic E-state index is 13.5. The summed E-state index contributed by atoms with van der Waals surface area (Å²) in [6.07, 6.45) is 1.37. The maximum Gasteiger partial charge on any atom is 0.264 e. The highest BCUT2D eigenvalue weighted by Crippen LogP contribution is 2.30. The van der Waals surface area contributed by atoms with Gasteiger partial charge in [0.15, 0.2) is 6.61 Å². The van der Waals surface area contributed by atoms with Gasteiger partial charge in [-0.25, -0.2) is 18.2 Å². The summed E-state index contributed by atoms with van der Waals surface area (Å²) in [6.45, 7) is 1.02. The van der Waals surface area contributed by atoms with E-state index in [0.717, 1.165) is 9.87 Å². The Morgan fingerprint density at radius 1 is 0.929 bits per heavy atom. The highest BCUT2D eigenvalue weighted by molar-refractivity contribution is 7.92. The van der Waals surface area contributed by atoms with Gasteiger partial charge in [0.2, 0.25) is 0 Å². The number of halogens is 2. The molecule has 0 spiro atoms. The lowest BCUT2D eigenvalue weighted by atomic mass is 10.2. The van der Waals surface area contributed by atoms with E-state index in [9.17, 15) is 22.4 Å². The van der Waals surface area contributed by atoms with Crippen molar-refractivity contribution < 1.29 is 27.1 Å². The van der Waals surface area contributed by atoms with Crippen LogP contribution in [0.2, 0.25) is 5.02 Å². The normalized spacial score (nSPS) is 11.2. The van der Waals surface area contributed by atoms with Gasteiger partial charge in [0.25, 0.3) is 21.8 Å². The number of para-hydroxylation sites is 1. The number of ether oxygens (including phenoxy) is 1. The van der Waals surface area contributed by atoms with Crippen molar-refractivity contribution in [2.24, 2.45) is 5.10 Å². The summed E-state index contributed by atoms with van der Waals surface area (Å²) in [6, 6.07) is 24.5. The Morgan fingerprint density at radius 2 is 1.60 bits per heavy atom. The summed E-state index contributed by atoms with van der Waals surface area (Å²) < 4.78 is 46.3. The summed E-state index contributed by atoms with van der Waals surface area (Å²) in [7, 11) is -4.12. The van der Waals surface area contributed by atoms with Crippen molar-refractivity contribution in [2.75, 3.05) is 22.8 Å². The minimum atomic E-state index is -4.12. The molecule has 2 amide bonds. The van der Waals surface area contributed by atoms with E-state index < -0.39 is 34.2 Å². The molecule has 4 rings (SSSR count). The Balaban J connectivity index is 1.35. The number of hydrogen-bond donors (Lipinski definition) is 2. The molecule has 0 aromatic heterocycles. The lowest BCUT2D eigenvalue weighted by Gasteiger charge is -2.24. The fourth-order valence-corrected chi connectivity index (χ4v) is 5.39. The van der Waals surface area contributed by atoms with E-state index in [2.05, 4.69) is 15.8 Å². The number of rotatable bonds is 11. The van der Waals surface area contributed by atoms with Crippen LogP contribution < -0.4 is 19.8 Å². The number of benzene rings is 4. The van der Waals surface area contributed by atoms with Crippen LogP contribution in [0.1, 0.15) is 11.1 Å². The van der Waals surface area contributed by atoms with E-state index in [1.54, 1.807) is 48.5 Å². The number of hydrazone groups is 1. The van der Waals surface area contributed by atoms with Crippen LogP contribution >= 0.6 is 11.6 Å². The Labute approximate surface area is 247 Å². The number of nitrogens with one attached hydrogen (secondary N) is 2. The predicted octanol–water partition coefficient (Wildman–Crippen LogP) is 5.15. The Morgan fingerprint density at radius 3 is 2.26 bits per heavy atom. The van der Waals surface area contributed by atoms with E-state index in [-0.39, 0.29) is 22.2 Å². The first-order chi connectivity index (χ1) is 20.1. The van der Waals surface area contributed by atoms with Crippen molar-refractivity contribution in [3.63, 3.8) is 0 Å². The number of carbonyl (C=O) groups excluding carboxylic acids is 2. The highest BCUT2D eigenvalue weighted by atomic mass is 35.5. The molecule has 0 aliphatic carbocycles. The molecule has 9 nitrogen and oxygen atoms in total. The van der Waals surface area contributed by atoms with E-state index in [1.165, 1.54) is 54.7 Å². The molecule has 0 atom stereocenters. The Kier molecular flexibility index (Phi) is 9.89. The molecule has 4 aromatic rings. The number of nitrogens with zero attached hydrogens (tertiary/aromatic N) is 2. The lowest BCUT2D eigenvalue weighted by molar-refractivity contribution is -0.119. The van der Waals surface area contributed by atoms with Gasteiger partial charge in [0, 0.05) is 5.69 Å². The predicted molar refractivity (Wildman–Crippen MR) is 160 cm³/mol. The summed E-state index contributed by atoms with van der Waals surface area (Å²) in [5.41, 5.74) is 4.43. The summed E-state index contributed by atoms with van der Waals surface area (Å²) in [5.74, 6) is -1.08. The number of amides is 2. The van der Waals surface area contributed by atoms with Crippen LogP contribution in [-0.2, 0) is 19.6 Å². The molecular weight excluding hydrogens is 583 g/mol. The fourth-order valence-electron chi connectivity index (χ4n) is 3.66. The molecule has 0 bridgehead atoms. The SMILES string of the molecule is Cc1ccc(S(=O)(=O)N(CC(=O)N/N=C\c2ccc(OCC(=O)Nc3ccc(F)cc3)cc2)c2ccccc2Cl)cc1. The molecule has 0 radical (unpaired) electrons. The van der Waals surface area contributed by atoms with Crippen molar-refractivity contribution in [2.45, 2.75) is 11.8 Å². The van der Waals surface area contributed by atoms with Crippen LogP contribution in [0.4, 0.5) is 15.8 Å². The summed E-state index contributed by atoms with van der Waals surface area (Å²) in [5, 5.41) is 6.69. The first kappa shape index (κ1) is 30.2. The molecular formula is C30H26ClFN4O5S.